The second kappa shape index (κ2) is 5.20. The molecule has 0 radical (unpaired) electrons. The number of hydrogen-bond acceptors (Lipinski definition) is 3. The lowest BCUT2D eigenvalue weighted by Crippen LogP contribution is -2.17. The zero-order valence-corrected chi connectivity index (χ0v) is 10.4. The largest absolute Gasteiger partial charge is 0.319 e. The van der Waals surface area contributed by atoms with E-state index < -0.39 is 5.91 Å². The molecule has 0 bridgehead atoms. The molecule has 2 N–H and O–H groups in total. The van der Waals surface area contributed by atoms with Gasteiger partial charge in [0.25, 0.3) is 11.5 Å². The fourth-order valence-corrected chi connectivity index (χ4v) is 1.61. The van der Waals surface area contributed by atoms with E-state index in [1.165, 1.54) is 12.1 Å². The number of benzene rings is 1. The van der Waals surface area contributed by atoms with Crippen LogP contribution in [0.3, 0.4) is 0 Å². The van der Waals surface area contributed by atoms with E-state index in [-0.39, 0.29) is 16.3 Å². The Morgan fingerprint density at radius 3 is 2.67 bits per heavy atom. The Kier molecular flexibility index (Phi) is 3.64. The van der Waals surface area contributed by atoms with Crippen molar-refractivity contribution in [2.75, 3.05) is 5.32 Å². The molecule has 1 heterocycles. The second-order valence-electron chi connectivity index (χ2n) is 3.36. The molecule has 2 aromatic rings. The first-order valence-corrected chi connectivity index (χ1v) is 5.64. The van der Waals surface area contributed by atoms with Gasteiger partial charge in [-0.05, 0) is 18.2 Å². The van der Waals surface area contributed by atoms with Crippen LogP contribution >= 0.6 is 23.2 Å². The minimum atomic E-state index is -0.490. The molecule has 0 atom stereocenters. The van der Waals surface area contributed by atoms with Crippen LogP contribution in [0.5, 0.6) is 0 Å². The topological polar surface area (TPSA) is 74.8 Å². The highest BCUT2D eigenvalue weighted by Crippen LogP contribution is 2.29. The van der Waals surface area contributed by atoms with Crippen LogP contribution in [-0.4, -0.2) is 16.1 Å². The molecule has 2 rings (SSSR count). The van der Waals surface area contributed by atoms with Crippen molar-refractivity contribution in [3.8, 4) is 0 Å². The molecule has 1 aromatic heterocycles. The molecule has 0 saturated heterocycles. The van der Waals surface area contributed by atoms with Gasteiger partial charge in [0.2, 0.25) is 0 Å². The van der Waals surface area contributed by atoms with Crippen molar-refractivity contribution in [2.45, 2.75) is 0 Å². The van der Waals surface area contributed by atoms with E-state index >= 15 is 0 Å². The number of nitrogens with one attached hydrogen (secondary N) is 2. The minimum Gasteiger partial charge on any atom is -0.319 e. The number of halogens is 2. The van der Waals surface area contributed by atoms with Gasteiger partial charge in [0.05, 0.1) is 15.7 Å². The van der Waals surface area contributed by atoms with Crippen LogP contribution in [0.2, 0.25) is 10.0 Å². The van der Waals surface area contributed by atoms with Crippen molar-refractivity contribution < 1.29 is 4.79 Å². The molecule has 1 amide bonds. The van der Waals surface area contributed by atoms with Gasteiger partial charge in [-0.25, -0.2) is 5.10 Å². The number of carbonyl (C=O) groups is 1. The van der Waals surface area contributed by atoms with Gasteiger partial charge >= 0.3 is 0 Å². The first-order chi connectivity index (χ1) is 8.58. The van der Waals surface area contributed by atoms with Gasteiger partial charge in [-0.2, -0.15) is 5.10 Å². The van der Waals surface area contributed by atoms with Crippen LogP contribution in [0.1, 0.15) is 10.5 Å². The number of carbonyl (C=O) groups excluding carboxylic acids is 1. The average Bonchev–Trinajstić information content (AvgIpc) is 2.36. The van der Waals surface area contributed by atoms with Crippen LogP contribution in [0.15, 0.2) is 35.1 Å². The number of aromatic amines is 1. The van der Waals surface area contributed by atoms with E-state index in [0.29, 0.717) is 10.7 Å². The highest BCUT2D eigenvalue weighted by molar-refractivity contribution is 6.44. The predicted molar refractivity (Wildman–Crippen MR) is 69.3 cm³/mol. The summed E-state index contributed by atoms with van der Waals surface area (Å²) in [5.74, 6) is -0.490. The molecule has 0 fully saturated rings. The molecule has 0 unspecified atom stereocenters. The van der Waals surface area contributed by atoms with Crippen LogP contribution < -0.4 is 10.9 Å². The fraction of sp³-hybridized carbons (Fsp3) is 0. The van der Waals surface area contributed by atoms with Crippen LogP contribution in [-0.2, 0) is 0 Å². The van der Waals surface area contributed by atoms with Gasteiger partial charge in [0.1, 0.15) is 5.69 Å². The van der Waals surface area contributed by atoms with E-state index in [0.717, 1.165) is 0 Å². The van der Waals surface area contributed by atoms with Gasteiger partial charge in [-0.3, -0.25) is 9.59 Å². The maximum atomic E-state index is 11.8. The van der Waals surface area contributed by atoms with Gasteiger partial charge < -0.3 is 5.32 Å². The van der Waals surface area contributed by atoms with Crippen molar-refractivity contribution in [3.05, 3.63) is 56.4 Å². The maximum Gasteiger partial charge on any atom is 0.276 e. The van der Waals surface area contributed by atoms with Gasteiger partial charge in [-0.15, -0.1) is 0 Å². The third-order valence-corrected chi connectivity index (χ3v) is 2.93. The summed E-state index contributed by atoms with van der Waals surface area (Å²) in [6.45, 7) is 0. The summed E-state index contributed by atoms with van der Waals surface area (Å²) in [5, 5.41) is 8.90. The highest BCUT2D eigenvalue weighted by Gasteiger charge is 2.11. The molecule has 7 heteroatoms. The van der Waals surface area contributed by atoms with E-state index in [1.807, 2.05) is 0 Å². The van der Waals surface area contributed by atoms with Crippen molar-refractivity contribution in [2.24, 2.45) is 0 Å². The van der Waals surface area contributed by atoms with Crippen LogP contribution in [0.4, 0.5) is 5.69 Å². The lowest BCUT2D eigenvalue weighted by Gasteiger charge is -2.07. The van der Waals surface area contributed by atoms with Crippen molar-refractivity contribution >= 4 is 34.8 Å². The van der Waals surface area contributed by atoms with E-state index in [9.17, 15) is 9.59 Å². The number of hydrogen-bond donors (Lipinski definition) is 2. The number of rotatable bonds is 2. The Labute approximate surface area is 112 Å². The summed E-state index contributed by atoms with van der Waals surface area (Å²) in [6.07, 6.45) is 0. The Morgan fingerprint density at radius 2 is 2.00 bits per heavy atom. The molecule has 1 aromatic carbocycles. The van der Waals surface area contributed by atoms with Crippen molar-refractivity contribution in [3.63, 3.8) is 0 Å². The number of H-pyrrole nitrogens is 1. The highest BCUT2D eigenvalue weighted by atomic mass is 35.5. The lowest BCUT2D eigenvalue weighted by molar-refractivity contribution is 0.102. The number of nitrogens with zero attached hydrogens (tertiary/aromatic N) is 1. The summed E-state index contributed by atoms with van der Waals surface area (Å²) in [7, 11) is 0. The molecule has 0 spiro atoms. The van der Waals surface area contributed by atoms with Gasteiger partial charge in [0, 0.05) is 6.07 Å². The Hall–Kier alpha value is -1.85. The quantitative estimate of drug-likeness (QED) is 0.888. The Balaban J connectivity index is 2.24. The lowest BCUT2D eigenvalue weighted by atomic mass is 10.3. The third-order valence-electron chi connectivity index (χ3n) is 2.11. The molecule has 0 saturated carbocycles. The van der Waals surface area contributed by atoms with Crippen molar-refractivity contribution in [1.82, 2.24) is 10.2 Å². The SMILES string of the molecule is O=C(Nc1cccc(Cl)c1Cl)c1ccc(=O)[nH]n1. The number of amides is 1. The zero-order chi connectivity index (χ0) is 13.1. The molecule has 5 nitrogen and oxygen atoms in total. The standard InChI is InChI=1S/C11H7Cl2N3O2/c12-6-2-1-3-7(10(6)13)14-11(18)8-4-5-9(17)16-15-8/h1-5H,(H,14,18)(H,16,17). The minimum absolute atomic E-state index is 0.0747. The molecule has 0 aliphatic rings. The number of anilines is 1. The average molecular weight is 284 g/mol. The van der Waals surface area contributed by atoms with Crippen molar-refractivity contribution in [1.29, 1.82) is 0 Å². The fourth-order valence-electron chi connectivity index (χ4n) is 1.26. The Bertz CT molecular complexity index is 634. The second-order valence-corrected chi connectivity index (χ2v) is 4.15. The van der Waals surface area contributed by atoms with Crippen LogP contribution in [0.25, 0.3) is 0 Å². The monoisotopic (exact) mass is 283 g/mol. The molecule has 18 heavy (non-hydrogen) atoms. The molecule has 0 aliphatic carbocycles. The third kappa shape index (κ3) is 2.69. The predicted octanol–water partition coefficient (Wildman–Crippen LogP) is 2.33. The maximum absolute atomic E-state index is 11.8. The molecule has 92 valence electrons. The summed E-state index contributed by atoms with van der Waals surface area (Å²) in [4.78, 5) is 22.6. The molecule has 0 aliphatic heterocycles. The van der Waals surface area contributed by atoms with Gasteiger partial charge in [-0.1, -0.05) is 29.3 Å². The van der Waals surface area contributed by atoms with Crippen LogP contribution in [0, 0.1) is 0 Å². The summed E-state index contributed by atoms with van der Waals surface area (Å²) in [6, 6.07) is 7.40. The smallest absolute Gasteiger partial charge is 0.276 e. The van der Waals surface area contributed by atoms with E-state index in [4.69, 9.17) is 23.2 Å². The van der Waals surface area contributed by atoms with E-state index in [2.05, 4.69) is 15.5 Å². The summed E-state index contributed by atoms with van der Waals surface area (Å²) < 4.78 is 0. The number of aromatic nitrogens is 2. The summed E-state index contributed by atoms with van der Waals surface area (Å²) in [5.41, 5.74) is 0.0696. The first kappa shape index (κ1) is 12.6. The summed E-state index contributed by atoms with van der Waals surface area (Å²) >= 11 is 11.7. The Morgan fingerprint density at radius 1 is 1.22 bits per heavy atom. The normalized spacial score (nSPS) is 10.1. The zero-order valence-electron chi connectivity index (χ0n) is 8.91. The first-order valence-electron chi connectivity index (χ1n) is 4.89. The molecular formula is C11H7Cl2N3O2. The van der Waals surface area contributed by atoms with E-state index in [1.54, 1.807) is 18.2 Å². The molecular weight excluding hydrogens is 277 g/mol. The van der Waals surface area contributed by atoms with Gasteiger partial charge in [0.15, 0.2) is 0 Å².